The van der Waals surface area contributed by atoms with E-state index in [1.54, 1.807) is 19.3 Å². The Morgan fingerprint density at radius 1 is 1.56 bits per heavy atom. The monoisotopic (exact) mass is 249 g/mol. The number of nitrogens with zero attached hydrogens (tertiary/aromatic N) is 1. The normalized spacial score (nSPS) is 19.5. The maximum Gasteiger partial charge on any atom is 0.250 e. The van der Waals surface area contributed by atoms with Gasteiger partial charge in [0.1, 0.15) is 0 Å². The predicted molar refractivity (Wildman–Crippen MR) is 70.5 cm³/mol. The van der Waals surface area contributed by atoms with E-state index in [4.69, 9.17) is 0 Å². The summed E-state index contributed by atoms with van der Waals surface area (Å²) in [4.78, 5) is 23.1. The van der Waals surface area contributed by atoms with E-state index in [9.17, 15) is 9.59 Å². The molecule has 1 aliphatic heterocycles. The van der Waals surface area contributed by atoms with Crippen molar-refractivity contribution in [2.45, 2.75) is 19.3 Å². The molecule has 2 heterocycles. The Balaban J connectivity index is 1.90. The number of aryl methyl sites for hydroxylation is 1. The van der Waals surface area contributed by atoms with Crippen molar-refractivity contribution in [3.8, 4) is 0 Å². The van der Waals surface area contributed by atoms with Gasteiger partial charge in [0, 0.05) is 25.7 Å². The molecule has 18 heavy (non-hydrogen) atoms. The number of pyridine rings is 1. The summed E-state index contributed by atoms with van der Waals surface area (Å²) < 4.78 is 1.46. The molecule has 98 valence electrons. The van der Waals surface area contributed by atoms with Crippen LogP contribution in [0, 0.1) is 5.92 Å². The number of piperidine rings is 1. The summed E-state index contributed by atoms with van der Waals surface area (Å²) >= 11 is 0. The van der Waals surface area contributed by atoms with E-state index < -0.39 is 0 Å². The first-order valence-electron chi connectivity index (χ1n) is 6.32. The third-order valence-electron chi connectivity index (χ3n) is 3.24. The molecular formula is C13H19N3O2. The molecule has 1 saturated heterocycles. The molecule has 1 aromatic heterocycles. The molecule has 1 atom stereocenters. The molecule has 2 rings (SSSR count). The van der Waals surface area contributed by atoms with Crippen LogP contribution in [0.5, 0.6) is 0 Å². The lowest BCUT2D eigenvalue weighted by Crippen LogP contribution is -2.32. The number of amides is 1. The quantitative estimate of drug-likeness (QED) is 0.829. The second-order valence-electron chi connectivity index (χ2n) is 4.83. The van der Waals surface area contributed by atoms with Crippen LogP contribution in [0.1, 0.15) is 19.3 Å². The Labute approximate surface area is 106 Å². The fourth-order valence-corrected chi connectivity index (χ4v) is 2.24. The standard InChI is InChI=1S/C13H19N3O2/c1-16-9-11(4-5-13(16)18)15-12(17)7-10-3-2-6-14-8-10/h4-5,9-10,14H,2-3,6-8H2,1H3,(H,15,17). The number of hydrogen-bond donors (Lipinski definition) is 2. The molecule has 5 heteroatoms. The van der Waals surface area contributed by atoms with Crippen LogP contribution in [0.25, 0.3) is 0 Å². The van der Waals surface area contributed by atoms with Gasteiger partial charge in [0.05, 0.1) is 5.69 Å². The van der Waals surface area contributed by atoms with Gasteiger partial charge in [-0.3, -0.25) is 9.59 Å². The van der Waals surface area contributed by atoms with E-state index in [1.807, 2.05) is 0 Å². The number of aromatic nitrogens is 1. The molecule has 0 aliphatic carbocycles. The van der Waals surface area contributed by atoms with E-state index in [0.29, 0.717) is 18.0 Å². The molecule has 5 nitrogen and oxygen atoms in total. The number of anilines is 1. The Bertz CT molecular complexity index is 475. The van der Waals surface area contributed by atoms with Crippen LogP contribution >= 0.6 is 0 Å². The average molecular weight is 249 g/mol. The minimum Gasteiger partial charge on any atom is -0.325 e. The number of nitrogens with one attached hydrogen (secondary N) is 2. The predicted octanol–water partition coefficient (Wildman–Crippen LogP) is 0.713. The van der Waals surface area contributed by atoms with Crippen molar-refractivity contribution in [2.24, 2.45) is 13.0 Å². The summed E-state index contributed by atoms with van der Waals surface area (Å²) in [7, 11) is 1.67. The van der Waals surface area contributed by atoms with Crippen molar-refractivity contribution < 1.29 is 4.79 Å². The summed E-state index contributed by atoms with van der Waals surface area (Å²) in [5.74, 6) is 0.439. The van der Waals surface area contributed by atoms with Crippen LogP contribution in [-0.4, -0.2) is 23.6 Å². The highest BCUT2D eigenvalue weighted by molar-refractivity contribution is 5.90. The second-order valence-corrected chi connectivity index (χ2v) is 4.83. The molecule has 1 fully saturated rings. The highest BCUT2D eigenvalue weighted by Gasteiger charge is 2.16. The zero-order chi connectivity index (χ0) is 13.0. The van der Waals surface area contributed by atoms with E-state index in [-0.39, 0.29) is 11.5 Å². The van der Waals surface area contributed by atoms with Gasteiger partial charge < -0.3 is 15.2 Å². The molecule has 0 saturated carbocycles. The first-order chi connectivity index (χ1) is 8.65. The fraction of sp³-hybridized carbons (Fsp3) is 0.538. The van der Waals surface area contributed by atoms with E-state index in [1.165, 1.54) is 10.6 Å². The smallest absolute Gasteiger partial charge is 0.250 e. The Kier molecular flexibility index (Phi) is 4.15. The van der Waals surface area contributed by atoms with E-state index in [0.717, 1.165) is 25.9 Å². The first-order valence-corrected chi connectivity index (χ1v) is 6.32. The summed E-state index contributed by atoms with van der Waals surface area (Å²) in [6.45, 7) is 1.97. The van der Waals surface area contributed by atoms with Gasteiger partial charge in [-0.1, -0.05) is 0 Å². The molecule has 0 radical (unpaired) electrons. The average Bonchev–Trinajstić information content (AvgIpc) is 2.35. The van der Waals surface area contributed by atoms with Gasteiger partial charge in [-0.15, -0.1) is 0 Å². The maximum absolute atomic E-state index is 11.9. The number of carbonyl (C=O) groups is 1. The molecule has 2 N–H and O–H groups in total. The Morgan fingerprint density at radius 3 is 3.06 bits per heavy atom. The van der Waals surface area contributed by atoms with Gasteiger partial charge in [0.25, 0.3) is 0 Å². The molecule has 0 spiro atoms. The summed E-state index contributed by atoms with van der Waals surface area (Å²) in [5, 5.41) is 6.13. The molecule has 1 amide bonds. The van der Waals surface area contributed by atoms with Crippen LogP contribution in [0.15, 0.2) is 23.1 Å². The zero-order valence-corrected chi connectivity index (χ0v) is 10.6. The third kappa shape index (κ3) is 3.43. The largest absolute Gasteiger partial charge is 0.325 e. The van der Waals surface area contributed by atoms with Crippen LogP contribution < -0.4 is 16.2 Å². The first kappa shape index (κ1) is 12.8. The van der Waals surface area contributed by atoms with Crippen LogP contribution in [0.3, 0.4) is 0 Å². The Hall–Kier alpha value is -1.62. The molecule has 1 aliphatic rings. The lowest BCUT2D eigenvalue weighted by atomic mass is 9.96. The Morgan fingerprint density at radius 2 is 2.39 bits per heavy atom. The minimum atomic E-state index is -0.0792. The zero-order valence-electron chi connectivity index (χ0n) is 10.6. The van der Waals surface area contributed by atoms with E-state index >= 15 is 0 Å². The van der Waals surface area contributed by atoms with Crippen LogP contribution in [0.2, 0.25) is 0 Å². The lowest BCUT2D eigenvalue weighted by molar-refractivity contribution is -0.117. The SMILES string of the molecule is Cn1cc(NC(=O)CC2CCCNC2)ccc1=O. The molecular weight excluding hydrogens is 230 g/mol. The van der Waals surface area contributed by atoms with Crippen molar-refractivity contribution in [3.05, 3.63) is 28.7 Å². The van der Waals surface area contributed by atoms with Gasteiger partial charge in [0.2, 0.25) is 11.5 Å². The molecule has 1 unspecified atom stereocenters. The molecule has 0 aromatic carbocycles. The number of carbonyl (C=O) groups excluding carboxylic acids is 1. The number of hydrogen-bond acceptors (Lipinski definition) is 3. The lowest BCUT2D eigenvalue weighted by Gasteiger charge is -2.22. The second kappa shape index (κ2) is 5.82. The van der Waals surface area contributed by atoms with Crippen LogP contribution in [-0.2, 0) is 11.8 Å². The van der Waals surface area contributed by atoms with Gasteiger partial charge in [-0.25, -0.2) is 0 Å². The molecule has 0 bridgehead atoms. The fourth-order valence-electron chi connectivity index (χ4n) is 2.24. The third-order valence-corrected chi connectivity index (χ3v) is 3.24. The summed E-state index contributed by atoms with van der Waals surface area (Å²) in [6, 6.07) is 3.09. The van der Waals surface area contributed by atoms with Gasteiger partial charge in [0.15, 0.2) is 0 Å². The van der Waals surface area contributed by atoms with Crippen LogP contribution in [0.4, 0.5) is 5.69 Å². The summed E-state index contributed by atoms with van der Waals surface area (Å²) in [5.41, 5.74) is 0.593. The van der Waals surface area contributed by atoms with Crippen molar-refractivity contribution in [1.29, 1.82) is 0 Å². The topological polar surface area (TPSA) is 63.1 Å². The summed E-state index contributed by atoms with van der Waals surface area (Å²) in [6.07, 6.45) is 4.42. The van der Waals surface area contributed by atoms with Gasteiger partial charge >= 0.3 is 0 Å². The molecule has 1 aromatic rings. The van der Waals surface area contributed by atoms with E-state index in [2.05, 4.69) is 10.6 Å². The van der Waals surface area contributed by atoms with Crippen molar-refractivity contribution >= 4 is 11.6 Å². The van der Waals surface area contributed by atoms with Gasteiger partial charge in [-0.2, -0.15) is 0 Å². The maximum atomic E-state index is 11.9. The highest BCUT2D eigenvalue weighted by atomic mass is 16.1. The minimum absolute atomic E-state index is 0.0161. The van der Waals surface area contributed by atoms with Crippen molar-refractivity contribution in [2.75, 3.05) is 18.4 Å². The number of rotatable bonds is 3. The van der Waals surface area contributed by atoms with Crippen molar-refractivity contribution in [3.63, 3.8) is 0 Å². The van der Waals surface area contributed by atoms with Crippen molar-refractivity contribution in [1.82, 2.24) is 9.88 Å². The highest BCUT2D eigenvalue weighted by Crippen LogP contribution is 2.15. The van der Waals surface area contributed by atoms with Gasteiger partial charge in [-0.05, 0) is 37.9 Å².